The van der Waals surface area contributed by atoms with Crippen molar-refractivity contribution in [2.45, 2.75) is 84.2 Å². The highest BCUT2D eigenvalue weighted by Crippen LogP contribution is 2.26. The van der Waals surface area contributed by atoms with Gasteiger partial charge >= 0.3 is 5.97 Å². The Morgan fingerprint density at radius 1 is 0.848 bits per heavy atom. The number of carbonyl (C=O) groups excluding carboxylic acids is 3. The molecule has 10 nitrogen and oxygen atoms in total. The van der Waals surface area contributed by atoms with Gasteiger partial charge in [-0.1, -0.05) is 60.7 Å². The number of aryl methyl sites for hydroxylation is 2. The average molecular weight is 647 g/mol. The summed E-state index contributed by atoms with van der Waals surface area (Å²) in [7, 11) is 0. The lowest BCUT2D eigenvalue weighted by atomic mass is 9.94. The number of unbranched alkanes of at least 4 members (excludes halogenated alkanes) is 1. The maximum atomic E-state index is 14.5. The largest absolute Gasteiger partial charge is 0.460 e. The summed E-state index contributed by atoms with van der Waals surface area (Å²) in [6.07, 6.45) is 3.46. The molecule has 0 saturated heterocycles. The summed E-state index contributed by atoms with van der Waals surface area (Å²) in [6, 6.07) is 17.6. The van der Waals surface area contributed by atoms with Gasteiger partial charge in [-0.05, 0) is 80.8 Å². The van der Waals surface area contributed by atoms with Gasteiger partial charge in [0.05, 0.1) is 25.0 Å². The molecule has 0 bridgehead atoms. The van der Waals surface area contributed by atoms with Crippen LogP contribution >= 0.6 is 11.3 Å². The zero-order chi connectivity index (χ0) is 33.1. The molecule has 4 aromatic rings. The molecule has 0 spiro atoms. The molecule has 0 aliphatic rings. The molecular weight excluding hydrogens is 607 g/mol. The van der Waals surface area contributed by atoms with Gasteiger partial charge in [0, 0.05) is 6.42 Å². The van der Waals surface area contributed by atoms with Crippen LogP contribution in [0.4, 0.5) is 15.3 Å². The monoisotopic (exact) mass is 646 g/mol. The van der Waals surface area contributed by atoms with Gasteiger partial charge in [0.25, 0.3) is 0 Å². The number of nitrogens with one attached hydrogen (secondary N) is 2. The Morgan fingerprint density at radius 2 is 1.57 bits per heavy atom. The molecule has 4 rings (SSSR count). The van der Waals surface area contributed by atoms with Crippen LogP contribution in [0.1, 0.15) is 80.3 Å². The molecule has 2 amide bonds. The third-order valence-corrected chi connectivity index (χ3v) is 7.73. The van der Waals surface area contributed by atoms with Crippen LogP contribution in [0, 0.1) is 5.82 Å². The summed E-state index contributed by atoms with van der Waals surface area (Å²) in [5, 5.41) is 23.4. The first kappa shape index (κ1) is 34.3. The lowest BCUT2D eigenvalue weighted by Crippen LogP contribution is -2.24. The van der Waals surface area contributed by atoms with Gasteiger partial charge in [-0.25, -0.2) is 4.39 Å². The highest BCUT2D eigenvalue weighted by molar-refractivity contribution is 7.15. The van der Waals surface area contributed by atoms with Crippen molar-refractivity contribution in [1.82, 2.24) is 20.4 Å². The Bertz CT molecular complexity index is 1620. The van der Waals surface area contributed by atoms with Crippen LogP contribution in [-0.2, 0) is 44.8 Å². The number of esters is 1. The summed E-state index contributed by atoms with van der Waals surface area (Å²) in [5.74, 6) is -1.26. The molecule has 0 radical (unpaired) electrons. The number of carbonyl (C=O) groups is 3. The summed E-state index contributed by atoms with van der Waals surface area (Å²) in [5.41, 5.74) is 2.13. The quantitative estimate of drug-likeness (QED) is 0.122. The maximum absolute atomic E-state index is 14.5. The molecular formula is C34H39FN6O4S. The van der Waals surface area contributed by atoms with Gasteiger partial charge in [0.2, 0.25) is 16.9 Å². The molecule has 0 saturated carbocycles. The molecule has 2 aromatic heterocycles. The lowest BCUT2D eigenvalue weighted by molar-refractivity contribution is -0.155. The lowest BCUT2D eigenvalue weighted by Gasteiger charge is -2.21. The van der Waals surface area contributed by atoms with Crippen LogP contribution in [-0.4, -0.2) is 43.8 Å². The number of hydrogen-bond donors (Lipinski definition) is 2. The van der Waals surface area contributed by atoms with Crippen molar-refractivity contribution in [3.05, 3.63) is 93.9 Å². The van der Waals surface area contributed by atoms with E-state index in [0.29, 0.717) is 28.5 Å². The van der Waals surface area contributed by atoms with E-state index in [1.807, 2.05) is 36.4 Å². The van der Waals surface area contributed by atoms with Crippen molar-refractivity contribution in [2.24, 2.45) is 0 Å². The fourth-order valence-electron chi connectivity index (χ4n) is 4.69. The van der Waals surface area contributed by atoms with Crippen molar-refractivity contribution >= 4 is 40.1 Å². The number of benzene rings is 2. The van der Waals surface area contributed by atoms with E-state index in [2.05, 4.69) is 31.0 Å². The Kier molecular flexibility index (Phi) is 12.0. The Balaban J connectivity index is 1.18. The zero-order valence-electron chi connectivity index (χ0n) is 26.5. The molecule has 242 valence electrons. The minimum atomic E-state index is -0.617. The third-order valence-electron chi connectivity index (χ3n) is 6.83. The Labute approximate surface area is 272 Å². The van der Waals surface area contributed by atoms with Crippen molar-refractivity contribution in [2.75, 3.05) is 10.6 Å². The summed E-state index contributed by atoms with van der Waals surface area (Å²) in [4.78, 5) is 37.1. The average Bonchev–Trinajstić information content (AvgIpc) is 3.43. The number of hydrogen-bond acceptors (Lipinski definition) is 9. The van der Waals surface area contributed by atoms with E-state index in [4.69, 9.17) is 4.74 Å². The second kappa shape index (κ2) is 16.1. The maximum Gasteiger partial charge on any atom is 0.306 e. The van der Waals surface area contributed by atoms with Crippen molar-refractivity contribution in [3.8, 4) is 0 Å². The van der Waals surface area contributed by atoms with Crippen LogP contribution < -0.4 is 10.6 Å². The molecule has 12 heteroatoms. The highest BCUT2D eigenvalue weighted by atomic mass is 32.1. The van der Waals surface area contributed by atoms with Gasteiger partial charge in [0.15, 0.2) is 5.82 Å². The van der Waals surface area contributed by atoms with E-state index in [0.717, 1.165) is 35.5 Å². The fourth-order valence-corrected chi connectivity index (χ4v) is 5.49. The minimum Gasteiger partial charge on any atom is -0.460 e. The number of amides is 2. The predicted octanol–water partition coefficient (Wildman–Crippen LogP) is 6.23. The van der Waals surface area contributed by atoms with Crippen LogP contribution in [0.25, 0.3) is 0 Å². The van der Waals surface area contributed by atoms with E-state index in [-0.39, 0.29) is 31.1 Å². The van der Waals surface area contributed by atoms with Crippen LogP contribution in [0.2, 0.25) is 0 Å². The number of rotatable bonds is 14. The first-order chi connectivity index (χ1) is 21.9. The first-order valence-corrected chi connectivity index (χ1v) is 16.0. The third kappa shape index (κ3) is 11.4. The number of ether oxygens (including phenoxy) is 1. The van der Waals surface area contributed by atoms with Gasteiger partial charge < -0.3 is 15.4 Å². The first-order valence-electron chi connectivity index (χ1n) is 15.2. The number of nitrogens with zero attached hydrogens (tertiary/aromatic N) is 4. The van der Waals surface area contributed by atoms with Crippen LogP contribution in [0.3, 0.4) is 0 Å². The predicted molar refractivity (Wildman–Crippen MR) is 175 cm³/mol. The van der Waals surface area contributed by atoms with E-state index in [1.165, 1.54) is 17.4 Å². The topological polar surface area (TPSA) is 136 Å². The molecule has 2 heterocycles. The van der Waals surface area contributed by atoms with Gasteiger partial charge in [0.1, 0.15) is 16.4 Å². The SMILES string of the molecule is CC(CC(=O)OC(C)(C)C)c1cc(CC(=O)Nc2nnc(CCCCc3ccc(NC(=O)Cc4ccccc4)nn3)s2)ccc1F. The smallest absolute Gasteiger partial charge is 0.306 e. The van der Waals surface area contributed by atoms with E-state index in [1.54, 1.807) is 45.9 Å². The normalized spacial score (nSPS) is 11.9. The molecule has 46 heavy (non-hydrogen) atoms. The molecule has 2 aromatic carbocycles. The van der Waals surface area contributed by atoms with Crippen molar-refractivity contribution in [1.29, 1.82) is 0 Å². The summed E-state index contributed by atoms with van der Waals surface area (Å²) < 4.78 is 19.9. The Morgan fingerprint density at radius 3 is 2.28 bits per heavy atom. The second-order valence-electron chi connectivity index (χ2n) is 12.1. The standard InChI is InChI=1S/C34H39FN6O4S/c1-22(18-32(44)45-34(2,3)4)26-19-24(14-16-27(26)35)21-30(43)37-33-41-40-31(46-33)13-9-8-12-25-15-17-28(39-38-25)36-29(42)20-23-10-6-5-7-11-23/h5-7,10-11,14-17,19,22H,8-9,12-13,18,20-21H2,1-4H3,(H,36,39,42)(H,37,41,43). The highest BCUT2D eigenvalue weighted by Gasteiger charge is 2.21. The molecule has 0 aliphatic carbocycles. The fraction of sp³-hybridized carbons (Fsp3) is 0.382. The van der Waals surface area contributed by atoms with E-state index >= 15 is 0 Å². The Hall–Kier alpha value is -4.58. The molecule has 0 fully saturated rings. The van der Waals surface area contributed by atoms with Gasteiger partial charge in [-0.15, -0.1) is 15.3 Å². The summed E-state index contributed by atoms with van der Waals surface area (Å²) >= 11 is 1.31. The molecule has 1 unspecified atom stereocenters. The summed E-state index contributed by atoms with van der Waals surface area (Å²) in [6.45, 7) is 7.11. The minimum absolute atomic E-state index is 0.0257. The van der Waals surface area contributed by atoms with Crippen molar-refractivity contribution < 1.29 is 23.5 Å². The second-order valence-corrected chi connectivity index (χ2v) is 13.2. The van der Waals surface area contributed by atoms with Crippen LogP contribution in [0.15, 0.2) is 60.7 Å². The molecule has 2 N–H and O–H groups in total. The molecule has 1 atom stereocenters. The number of halogens is 1. The van der Waals surface area contributed by atoms with Gasteiger partial charge in [-0.2, -0.15) is 5.10 Å². The zero-order valence-corrected chi connectivity index (χ0v) is 27.3. The van der Waals surface area contributed by atoms with Crippen LogP contribution in [0.5, 0.6) is 0 Å². The van der Waals surface area contributed by atoms with Crippen molar-refractivity contribution in [3.63, 3.8) is 0 Å². The number of aromatic nitrogens is 4. The van der Waals surface area contributed by atoms with E-state index in [9.17, 15) is 18.8 Å². The molecule has 0 aliphatic heterocycles. The van der Waals surface area contributed by atoms with E-state index < -0.39 is 23.3 Å². The van der Waals surface area contributed by atoms with Gasteiger partial charge in [-0.3, -0.25) is 14.4 Å². The number of anilines is 2.